The fourth-order valence-electron chi connectivity index (χ4n) is 2.40. The van der Waals surface area contributed by atoms with E-state index in [0.29, 0.717) is 5.75 Å². The molecule has 8 nitrogen and oxygen atoms in total. The van der Waals surface area contributed by atoms with Crippen molar-refractivity contribution in [2.75, 3.05) is 11.8 Å². The standard InChI is InChI=1S/C19H22ClN3O5S/c1-12(2)10-18(24)21-22-19(25)13-8-9-14(20)17(11-13)29(26,27)23-15-6-4-5-7-16(15)28-3/h4-9,11-12,23H,10H2,1-3H3,(H,21,24)(H,22,25). The number of anilines is 1. The highest BCUT2D eigenvalue weighted by atomic mass is 35.5. The molecule has 2 rings (SSSR count). The molecule has 0 aromatic heterocycles. The second-order valence-corrected chi connectivity index (χ2v) is 8.61. The summed E-state index contributed by atoms with van der Waals surface area (Å²) in [5.41, 5.74) is 4.78. The molecule has 0 fully saturated rings. The van der Waals surface area contributed by atoms with Crippen LogP contribution in [0.5, 0.6) is 5.75 Å². The molecular formula is C19H22ClN3O5S. The van der Waals surface area contributed by atoms with Gasteiger partial charge in [-0.3, -0.25) is 25.2 Å². The number of benzene rings is 2. The Balaban J connectivity index is 2.23. The summed E-state index contributed by atoms with van der Waals surface area (Å²) in [5, 5.41) is -0.0622. The van der Waals surface area contributed by atoms with Gasteiger partial charge in [0, 0.05) is 12.0 Å². The smallest absolute Gasteiger partial charge is 0.269 e. The topological polar surface area (TPSA) is 114 Å². The molecule has 156 valence electrons. The van der Waals surface area contributed by atoms with Crippen molar-refractivity contribution in [2.45, 2.75) is 25.2 Å². The summed E-state index contributed by atoms with van der Waals surface area (Å²) < 4.78 is 33.1. The zero-order valence-electron chi connectivity index (χ0n) is 16.2. The summed E-state index contributed by atoms with van der Waals surface area (Å²) in [4.78, 5) is 23.7. The van der Waals surface area contributed by atoms with Gasteiger partial charge in [0.25, 0.3) is 15.9 Å². The van der Waals surface area contributed by atoms with Crippen molar-refractivity contribution in [3.63, 3.8) is 0 Å². The minimum Gasteiger partial charge on any atom is -0.495 e. The molecule has 2 aromatic rings. The van der Waals surface area contributed by atoms with Gasteiger partial charge in [0.1, 0.15) is 10.6 Å². The Morgan fingerprint density at radius 2 is 1.79 bits per heavy atom. The average Bonchev–Trinajstić information content (AvgIpc) is 2.66. The van der Waals surface area contributed by atoms with Crippen LogP contribution < -0.4 is 20.3 Å². The third-order valence-corrected chi connectivity index (χ3v) is 5.59. The lowest BCUT2D eigenvalue weighted by Crippen LogP contribution is -2.42. The van der Waals surface area contributed by atoms with Gasteiger partial charge in [-0.25, -0.2) is 8.42 Å². The van der Waals surface area contributed by atoms with Crippen molar-refractivity contribution in [2.24, 2.45) is 5.92 Å². The lowest BCUT2D eigenvalue weighted by Gasteiger charge is -2.14. The van der Waals surface area contributed by atoms with E-state index in [2.05, 4.69) is 15.6 Å². The number of halogens is 1. The normalized spacial score (nSPS) is 11.1. The van der Waals surface area contributed by atoms with Gasteiger partial charge >= 0.3 is 0 Å². The molecular weight excluding hydrogens is 418 g/mol. The first-order valence-corrected chi connectivity index (χ1v) is 10.5. The van der Waals surface area contributed by atoms with Gasteiger partial charge in [0.05, 0.1) is 17.8 Å². The largest absolute Gasteiger partial charge is 0.495 e. The van der Waals surface area contributed by atoms with E-state index in [1.54, 1.807) is 18.2 Å². The van der Waals surface area contributed by atoms with Gasteiger partial charge in [0.15, 0.2) is 0 Å². The minimum atomic E-state index is -4.11. The molecule has 0 saturated heterocycles. The Kier molecular flexibility index (Phi) is 7.46. The van der Waals surface area contributed by atoms with Gasteiger partial charge in [0.2, 0.25) is 5.91 Å². The predicted molar refractivity (Wildman–Crippen MR) is 110 cm³/mol. The van der Waals surface area contributed by atoms with Crippen LogP contribution in [0.2, 0.25) is 5.02 Å². The quantitative estimate of drug-likeness (QED) is 0.574. The Bertz CT molecular complexity index is 1010. The fourth-order valence-corrected chi connectivity index (χ4v) is 4.00. The number of ether oxygens (including phenoxy) is 1. The molecule has 0 aliphatic carbocycles. The van der Waals surface area contributed by atoms with Crippen molar-refractivity contribution in [1.29, 1.82) is 0 Å². The van der Waals surface area contributed by atoms with Crippen molar-refractivity contribution >= 4 is 39.1 Å². The van der Waals surface area contributed by atoms with Crippen LogP contribution in [-0.4, -0.2) is 27.3 Å². The van der Waals surface area contributed by atoms with E-state index in [-0.39, 0.29) is 39.4 Å². The van der Waals surface area contributed by atoms with E-state index in [9.17, 15) is 18.0 Å². The van der Waals surface area contributed by atoms with Crippen LogP contribution in [0.1, 0.15) is 30.6 Å². The molecule has 0 atom stereocenters. The number of hydrogen-bond acceptors (Lipinski definition) is 5. The number of nitrogens with one attached hydrogen (secondary N) is 3. The number of rotatable bonds is 7. The molecule has 0 saturated carbocycles. The van der Waals surface area contributed by atoms with E-state index in [0.717, 1.165) is 6.07 Å². The molecule has 0 aliphatic heterocycles. The van der Waals surface area contributed by atoms with Crippen LogP contribution in [0.25, 0.3) is 0 Å². The van der Waals surface area contributed by atoms with Crippen molar-refractivity contribution < 1.29 is 22.7 Å². The highest BCUT2D eigenvalue weighted by molar-refractivity contribution is 7.92. The van der Waals surface area contributed by atoms with Gasteiger partial charge in [-0.05, 0) is 36.2 Å². The van der Waals surface area contributed by atoms with Crippen molar-refractivity contribution in [3.05, 3.63) is 53.1 Å². The number of carbonyl (C=O) groups is 2. The summed E-state index contributed by atoms with van der Waals surface area (Å²) in [5.74, 6) is -0.574. The zero-order chi connectivity index (χ0) is 21.6. The summed E-state index contributed by atoms with van der Waals surface area (Å²) in [6, 6.07) is 10.3. The predicted octanol–water partition coefficient (Wildman–Crippen LogP) is 2.96. The number of hydrazine groups is 1. The maximum absolute atomic E-state index is 12.8. The van der Waals surface area contributed by atoms with Gasteiger partial charge in [-0.2, -0.15) is 0 Å². The number of carbonyl (C=O) groups excluding carboxylic acids is 2. The van der Waals surface area contributed by atoms with Crippen LogP contribution in [0.15, 0.2) is 47.4 Å². The third kappa shape index (κ3) is 6.10. The zero-order valence-corrected chi connectivity index (χ0v) is 17.7. The molecule has 10 heteroatoms. The molecule has 0 aliphatic rings. The fraction of sp³-hybridized carbons (Fsp3) is 0.263. The molecule has 2 aromatic carbocycles. The van der Waals surface area contributed by atoms with E-state index < -0.39 is 15.9 Å². The van der Waals surface area contributed by atoms with E-state index in [1.807, 2.05) is 13.8 Å². The van der Waals surface area contributed by atoms with Crippen molar-refractivity contribution in [3.8, 4) is 5.75 Å². The Morgan fingerprint density at radius 3 is 2.45 bits per heavy atom. The summed E-state index contributed by atoms with van der Waals surface area (Å²) in [6.45, 7) is 3.74. The maximum Gasteiger partial charge on any atom is 0.269 e. The number of amides is 2. The molecule has 2 amide bonds. The van der Waals surface area contributed by atoms with Gasteiger partial charge in [-0.15, -0.1) is 0 Å². The van der Waals surface area contributed by atoms with Crippen LogP contribution in [0.4, 0.5) is 5.69 Å². The van der Waals surface area contributed by atoms with Crippen LogP contribution in [0.3, 0.4) is 0 Å². The van der Waals surface area contributed by atoms with Crippen LogP contribution in [-0.2, 0) is 14.8 Å². The third-order valence-electron chi connectivity index (χ3n) is 3.74. The van der Waals surface area contributed by atoms with E-state index in [4.69, 9.17) is 16.3 Å². The Hall–Kier alpha value is -2.78. The summed E-state index contributed by atoms with van der Waals surface area (Å²) >= 11 is 6.06. The molecule has 3 N–H and O–H groups in total. The summed E-state index contributed by atoms with van der Waals surface area (Å²) in [6.07, 6.45) is 0.239. The molecule has 0 radical (unpaired) electrons. The molecule has 0 bridgehead atoms. The number of sulfonamides is 1. The first-order valence-electron chi connectivity index (χ1n) is 8.68. The lowest BCUT2D eigenvalue weighted by atomic mass is 10.1. The Morgan fingerprint density at radius 1 is 1.10 bits per heavy atom. The van der Waals surface area contributed by atoms with Crippen LogP contribution >= 0.6 is 11.6 Å². The number of para-hydroxylation sites is 2. The van der Waals surface area contributed by atoms with Crippen LogP contribution in [0, 0.1) is 5.92 Å². The summed E-state index contributed by atoms with van der Waals surface area (Å²) in [7, 11) is -2.69. The van der Waals surface area contributed by atoms with Gasteiger partial charge < -0.3 is 4.74 Å². The lowest BCUT2D eigenvalue weighted by molar-refractivity contribution is -0.122. The highest BCUT2D eigenvalue weighted by Gasteiger charge is 2.22. The first kappa shape index (κ1) is 22.5. The van der Waals surface area contributed by atoms with Crippen molar-refractivity contribution in [1.82, 2.24) is 10.9 Å². The minimum absolute atomic E-state index is 0.0136. The number of methoxy groups -OCH3 is 1. The molecule has 0 unspecified atom stereocenters. The monoisotopic (exact) mass is 439 g/mol. The second-order valence-electron chi connectivity index (χ2n) is 6.55. The molecule has 0 spiro atoms. The SMILES string of the molecule is COc1ccccc1NS(=O)(=O)c1cc(C(=O)NNC(=O)CC(C)C)ccc1Cl. The van der Waals surface area contributed by atoms with E-state index in [1.165, 1.54) is 25.3 Å². The first-order chi connectivity index (χ1) is 13.6. The Labute approximate surface area is 174 Å². The molecule has 0 heterocycles. The molecule has 29 heavy (non-hydrogen) atoms. The number of hydrogen-bond donors (Lipinski definition) is 3. The highest BCUT2D eigenvalue weighted by Crippen LogP contribution is 2.29. The maximum atomic E-state index is 12.8. The average molecular weight is 440 g/mol. The second kappa shape index (κ2) is 9.62. The van der Waals surface area contributed by atoms with Gasteiger partial charge in [-0.1, -0.05) is 37.6 Å². The van der Waals surface area contributed by atoms with E-state index >= 15 is 0 Å².